The van der Waals surface area contributed by atoms with Crippen LogP contribution in [0.3, 0.4) is 0 Å². The van der Waals surface area contributed by atoms with Gasteiger partial charge in [-0.3, -0.25) is 0 Å². The summed E-state index contributed by atoms with van der Waals surface area (Å²) in [5, 5.41) is 20.4. The lowest BCUT2D eigenvalue weighted by atomic mass is 9.39. The van der Waals surface area contributed by atoms with Crippen molar-refractivity contribution in [1.82, 2.24) is 0 Å². The van der Waals surface area contributed by atoms with Gasteiger partial charge in [0.2, 0.25) is 0 Å². The third kappa shape index (κ3) is 2.74. The van der Waals surface area contributed by atoms with Crippen LogP contribution in [0.15, 0.2) is 0 Å². The van der Waals surface area contributed by atoms with Crippen LogP contribution >= 0.6 is 0 Å². The van der Waals surface area contributed by atoms with E-state index in [-0.39, 0.29) is 6.10 Å². The summed E-state index contributed by atoms with van der Waals surface area (Å²) in [4.78, 5) is 0. The maximum atomic E-state index is 11.4. The van der Waals surface area contributed by atoms with Gasteiger partial charge in [0, 0.05) is 6.42 Å². The van der Waals surface area contributed by atoms with E-state index in [4.69, 9.17) is 5.26 Å². The Bertz CT molecular complexity index is 610. The van der Waals surface area contributed by atoms with Gasteiger partial charge >= 0.3 is 0 Å². The van der Waals surface area contributed by atoms with Gasteiger partial charge in [-0.15, -0.1) is 0 Å². The molecule has 1 N–H and O–H groups in total. The summed E-state index contributed by atoms with van der Waals surface area (Å²) < 4.78 is 0. The molecule has 0 amide bonds. The summed E-state index contributed by atoms with van der Waals surface area (Å²) >= 11 is 0. The molecule has 4 rings (SSSR count). The Kier molecular flexibility index (Phi) is 4.94. The van der Waals surface area contributed by atoms with Crippen molar-refractivity contribution in [2.75, 3.05) is 0 Å². The Labute approximate surface area is 167 Å². The normalized spacial score (nSPS) is 53.0. The Morgan fingerprint density at radius 2 is 1.78 bits per heavy atom. The number of hydrogen-bond donors (Lipinski definition) is 1. The fraction of sp³-hybridized carbons (Fsp3) is 0.960. The minimum atomic E-state index is -0.0936. The molecule has 4 aliphatic rings. The largest absolute Gasteiger partial charge is 0.393 e. The van der Waals surface area contributed by atoms with Gasteiger partial charge in [0.15, 0.2) is 0 Å². The third-order valence-electron chi connectivity index (χ3n) is 10.8. The Morgan fingerprint density at radius 3 is 2.52 bits per heavy atom. The summed E-state index contributed by atoms with van der Waals surface area (Å²) in [5.74, 6) is 3.33. The van der Waals surface area contributed by atoms with Crippen LogP contribution in [-0.4, -0.2) is 11.2 Å². The molecule has 0 aromatic heterocycles. The molecule has 0 aromatic carbocycles. The van der Waals surface area contributed by atoms with Crippen LogP contribution in [0.2, 0.25) is 0 Å². The molecule has 0 aliphatic heterocycles. The minimum absolute atomic E-state index is 0.0936. The van der Waals surface area contributed by atoms with Crippen molar-refractivity contribution in [2.24, 2.45) is 45.8 Å². The SMILES string of the molecule is C[C@H](CCC#N)C1CCC2C3C(O)CC4(C)CCCCC4(C)C3CCC21C. The van der Waals surface area contributed by atoms with Crippen molar-refractivity contribution in [3.8, 4) is 6.07 Å². The highest BCUT2D eigenvalue weighted by Gasteiger charge is 2.65. The fourth-order valence-electron chi connectivity index (χ4n) is 9.10. The first-order chi connectivity index (χ1) is 12.8. The van der Waals surface area contributed by atoms with E-state index < -0.39 is 0 Å². The molecule has 2 heteroatoms. The molecule has 4 fully saturated rings. The lowest BCUT2D eigenvalue weighted by Gasteiger charge is -2.66. The fourth-order valence-corrected chi connectivity index (χ4v) is 9.10. The zero-order valence-corrected chi connectivity index (χ0v) is 18.1. The molecule has 152 valence electrons. The summed E-state index contributed by atoms with van der Waals surface area (Å²) in [6, 6.07) is 2.36. The van der Waals surface area contributed by atoms with E-state index in [0.29, 0.717) is 40.4 Å². The van der Waals surface area contributed by atoms with Crippen LogP contribution in [0.5, 0.6) is 0 Å². The molecule has 0 spiro atoms. The number of aliphatic hydroxyl groups is 1. The zero-order chi connectivity index (χ0) is 19.4. The molecule has 9 atom stereocenters. The number of aliphatic hydroxyl groups excluding tert-OH is 1. The highest BCUT2D eigenvalue weighted by molar-refractivity contribution is 5.14. The van der Waals surface area contributed by atoms with Crippen LogP contribution < -0.4 is 0 Å². The first-order valence-electron chi connectivity index (χ1n) is 11.8. The van der Waals surface area contributed by atoms with E-state index in [1.807, 2.05) is 0 Å². The average molecular weight is 372 g/mol. The second-order valence-electron chi connectivity index (χ2n) is 11.6. The minimum Gasteiger partial charge on any atom is -0.393 e. The van der Waals surface area contributed by atoms with Crippen molar-refractivity contribution in [1.29, 1.82) is 5.26 Å². The molecule has 2 nitrogen and oxygen atoms in total. The molecule has 0 radical (unpaired) electrons. The number of hydrogen-bond acceptors (Lipinski definition) is 2. The first kappa shape index (κ1) is 19.8. The van der Waals surface area contributed by atoms with Gasteiger partial charge in [0.25, 0.3) is 0 Å². The van der Waals surface area contributed by atoms with Crippen LogP contribution in [0.1, 0.15) is 98.3 Å². The van der Waals surface area contributed by atoms with E-state index in [1.165, 1.54) is 51.4 Å². The molecule has 0 bridgehead atoms. The van der Waals surface area contributed by atoms with E-state index in [0.717, 1.165) is 24.7 Å². The first-order valence-corrected chi connectivity index (χ1v) is 11.8. The van der Waals surface area contributed by atoms with Crippen LogP contribution in [0.25, 0.3) is 0 Å². The lowest BCUT2D eigenvalue weighted by molar-refractivity contribution is -0.198. The van der Waals surface area contributed by atoms with E-state index in [1.54, 1.807) is 0 Å². The molecule has 4 aliphatic carbocycles. The molecule has 27 heavy (non-hydrogen) atoms. The smallest absolute Gasteiger partial charge is 0.0621 e. The van der Waals surface area contributed by atoms with Crippen LogP contribution in [0.4, 0.5) is 0 Å². The van der Waals surface area contributed by atoms with Gasteiger partial charge in [-0.2, -0.15) is 5.26 Å². The summed E-state index contributed by atoms with van der Waals surface area (Å²) in [6.45, 7) is 10.0. The molecular formula is C25H41NO. The summed E-state index contributed by atoms with van der Waals surface area (Å²) in [5.41, 5.74) is 1.16. The second kappa shape index (κ2) is 6.76. The van der Waals surface area contributed by atoms with Gasteiger partial charge in [-0.25, -0.2) is 0 Å². The highest BCUT2D eigenvalue weighted by Crippen LogP contribution is 2.71. The van der Waals surface area contributed by atoms with Gasteiger partial charge < -0.3 is 5.11 Å². The number of nitrogens with zero attached hydrogens (tertiary/aromatic N) is 1. The second-order valence-corrected chi connectivity index (χ2v) is 11.6. The molecule has 4 saturated carbocycles. The standard InChI is InChI=1S/C25H41NO/c1-17(8-7-15-26)18-9-10-19-22-20(11-14-24(18,19)3)25(4)13-6-5-12-23(25,2)16-21(22)27/h17-22,27H,5-14,16H2,1-4H3/t17-,18?,19?,20?,21?,22?,23?,24?,25?/m1/s1. The molecule has 0 aromatic rings. The van der Waals surface area contributed by atoms with E-state index >= 15 is 0 Å². The topological polar surface area (TPSA) is 44.0 Å². The summed E-state index contributed by atoms with van der Waals surface area (Å²) in [7, 11) is 0. The van der Waals surface area contributed by atoms with Crippen molar-refractivity contribution >= 4 is 0 Å². The van der Waals surface area contributed by atoms with Crippen molar-refractivity contribution < 1.29 is 5.11 Å². The van der Waals surface area contributed by atoms with Gasteiger partial charge in [-0.05, 0) is 97.2 Å². The van der Waals surface area contributed by atoms with Crippen LogP contribution in [0, 0.1) is 57.2 Å². The maximum Gasteiger partial charge on any atom is 0.0621 e. The number of nitriles is 1. The van der Waals surface area contributed by atoms with Crippen LogP contribution in [-0.2, 0) is 0 Å². The summed E-state index contributed by atoms with van der Waals surface area (Å²) in [6.07, 6.45) is 13.4. The Balaban J connectivity index is 1.62. The van der Waals surface area contributed by atoms with Gasteiger partial charge in [-0.1, -0.05) is 40.5 Å². The number of fused-ring (bicyclic) bond motifs is 5. The predicted octanol–water partition coefficient (Wildman–Crippen LogP) is 6.34. The highest BCUT2D eigenvalue weighted by atomic mass is 16.3. The zero-order valence-electron chi connectivity index (χ0n) is 18.1. The van der Waals surface area contributed by atoms with Crippen molar-refractivity contribution in [2.45, 2.75) is 104 Å². The molecule has 0 saturated heterocycles. The predicted molar refractivity (Wildman–Crippen MR) is 110 cm³/mol. The molecule has 8 unspecified atom stereocenters. The van der Waals surface area contributed by atoms with Crippen molar-refractivity contribution in [3.05, 3.63) is 0 Å². The average Bonchev–Trinajstić information content (AvgIpc) is 2.98. The Morgan fingerprint density at radius 1 is 1.04 bits per heavy atom. The Hall–Kier alpha value is -0.550. The molecule has 0 heterocycles. The maximum absolute atomic E-state index is 11.4. The lowest BCUT2D eigenvalue weighted by Crippen LogP contribution is -2.61. The van der Waals surface area contributed by atoms with Gasteiger partial charge in [0.05, 0.1) is 12.2 Å². The van der Waals surface area contributed by atoms with Crippen molar-refractivity contribution in [3.63, 3.8) is 0 Å². The van der Waals surface area contributed by atoms with E-state index in [2.05, 4.69) is 33.8 Å². The number of rotatable bonds is 3. The quantitative estimate of drug-likeness (QED) is 0.629. The monoisotopic (exact) mass is 371 g/mol. The third-order valence-corrected chi connectivity index (χ3v) is 10.8. The van der Waals surface area contributed by atoms with E-state index in [9.17, 15) is 5.11 Å². The van der Waals surface area contributed by atoms with Gasteiger partial charge in [0.1, 0.15) is 0 Å². The molecular weight excluding hydrogens is 330 g/mol.